The van der Waals surface area contributed by atoms with E-state index in [4.69, 9.17) is 9.57 Å². The van der Waals surface area contributed by atoms with Crippen LogP contribution in [0.1, 0.15) is 12.0 Å². The number of amides is 2. The van der Waals surface area contributed by atoms with Gasteiger partial charge >= 0.3 is 6.03 Å². The second-order valence-corrected chi connectivity index (χ2v) is 5.07. The van der Waals surface area contributed by atoms with Crippen LogP contribution < -0.4 is 10.1 Å². The highest BCUT2D eigenvalue weighted by Gasteiger charge is 2.07. The zero-order chi connectivity index (χ0) is 16.5. The molecule has 0 aliphatic heterocycles. The summed E-state index contributed by atoms with van der Waals surface area (Å²) in [6.45, 7) is 0.660. The molecule has 0 aromatic heterocycles. The van der Waals surface area contributed by atoms with Gasteiger partial charge < -0.3 is 10.1 Å². The van der Waals surface area contributed by atoms with Crippen LogP contribution in [0, 0.1) is 0 Å². The molecule has 0 bridgehead atoms. The number of hydrogen-bond acceptors (Lipinski definition) is 3. The van der Waals surface area contributed by atoms with E-state index in [0.717, 1.165) is 23.7 Å². The maximum absolute atomic E-state index is 11.6. The lowest BCUT2D eigenvalue weighted by Crippen LogP contribution is -2.30. The second kappa shape index (κ2) is 8.80. The maximum Gasteiger partial charge on any atom is 0.345 e. The quantitative estimate of drug-likeness (QED) is 0.626. The summed E-state index contributed by atoms with van der Waals surface area (Å²) in [5.41, 5.74) is 2.01. The largest absolute Gasteiger partial charge is 0.494 e. The predicted octanol–water partition coefficient (Wildman–Crippen LogP) is 3.72. The van der Waals surface area contributed by atoms with Crippen molar-refractivity contribution in [1.82, 2.24) is 5.06 Å². The van der Waals surface area contributed by atoms with Crippen molar-refractivity contribution in [3.63, 3.8) is 0 Å². The summed E-state index contributed by atoms with van der Waals surface area (Å²) in [6.07, 6.45) is 1.96. The molecule has 122 valence electrons. The van der Waals surface area contributed by atoms with Crippen LogP contribution in [0.5, 0.6) is 5.75 Å². The summed E-state index contributed by atoms with van der Waals surface area (Å²) in [6, 6.07) is 17.3. The van der Waals surface area contributed by atoms with Crippen molar-refractivity contribution in [2.45, 2.75) is 12.8 Å². The third kappa shape index (κ3) is 5.64. The van der Waals surface area contributed by atoms with Gasteiger partial charge in [0.25, 0.3) is 0 Å². The van der Waals surface area contributed by atoms with Crippen molar-refractivity contribution < 1.29 is 14.4 Å². The number of nitrogens with zero attached hydrogens (tertiary/aromatic N) is 1. The van der Waals surface area contributed by atoms with Gasteiger partial charge in [-0.05, 0) is 42.7 Å². The van der Waals surface area contributed by atoms with E-state index in [1.165, 1.54) is 12.7 Å². The first-order valence-electron chi connectivity index (χ1n) is 7.54. The highest BCUT2D eigenvalue weighted by molar-refractivity contribution is 5.88. The molecule has 0 aliphatic carbocycles. The van der Waals surface area contributed by atoms with Gasteiger partial charge in [0.2, 0.25) is 0 Å². The number of hydrogen-bond donors (Lipinski definition) is 1. The molecule has 0 saturated heterocycles. The normalized spacial score (nSPS) is 10.2. The van der Waals surface area contributed by atoms with Gasteiger partial charge in [0.1, 0.15) is 5.75 Å². The van der Waals surface area contributed by atoms with Gasteiger partial charge in [-0.1, -0.05) is 30.3 Å². The Morgan fingerprint density at radius 3 is 2.43 bits per heavy atom. The van der Waals surface area contributed by atoms with E-state index >= 15 is 0 Å². The van der Waals surface area contributed by atoms with Crippen molar-refractivity contribution in [3.05, 3.63) is 60.2 Å². The number of carbonyl (C=O) groups excluding carboxylic acids is 1. The zero-order valence-electron chi connectivity index (χ0n) is 13.5. The Hall–Kier alpha value is -2.53. The number of urea groups is 1. The van der Waals surface area contributed by atoms with E-state index in [-0.39, 0.29) is 6.03 Å². The van der Waals surface area contributed by atoms with Gasteiger partial charge in [-0.15, -0.1) is 0 Å². The highest BCUT2D eigenvalue weighted by atomic mass is 16.7. The van der Waals surface area contributed by atoms with Crippen molar-refractivity contribution in [3.8, 4) is 5.75 Å². The van der Waals surface area contributed by atoms with E-state index in [1.807, 2.05) is 30.3 Å². The first-order chi connectivity index (χ1) is 11.2. The Bertz CT molecular complexity index is 599. The molecule has 0 saturated carbocycles. The zero-order valence-corrected chi connectivity index (χ0v) is 13.5. The molecule has 0 aliphatic rings. The van der Waals surface area contributed by atoms with Crippen LogP contribution in [0.25, 0.3) is 0 Å². The smallest absolute Gasteiger partial charge is 0.345 e. The Morgan fingerprint density at radius 1 is 1.09 bits per heavy atom. The fraction of sp³-hybridized carbons (Fsp3) is 0.278. The lowest BCUT2D eigenvalue weighted by Gasteiger charge is -2.14. The first-order valence-corrected chi connectivity index (χ1v) is 7.54. The summed E-state index contributed by atoms with van der Waals surface area (Å²) in [5.74, 6) is 0.788. The Kier molecular flexibility index (Phi) is 6.44. The number of nitrogens with one attached hydrogen (secondary N) is 1. The molecule has 2 aromatic rings. The molecular weight excluding hydrogens is 292 g/mol. The van der Waals surface area contributed by atoms with Crippen LogP contribution >= 0.6 is 0 Å². The summed E-state index contributed by atoms with van der Waals surface area (Å²) in [4.78, 5) is 16.4. The molecule has 2 rings (SSSR count). The highest BCUT2D eigenvalue weighted by Crippen LogP contribution is 2.16. The maximum atomic E-state index is 11.6. The Morgan fingerprint density at radius 2 is 1.78 bits per heavy atom. The average molecular weight is 314 g/mol. The molecule has 0 spiro atoms. The number of rotatable bonds is 7. The number of carbonyl (C=O) groups is 1. The fourth-order valence-corrected chi connectivity index (χ4v) is 2.03. The van der Waals surface area contributed by atoms with Crippen LogP contribution in [0.2, 0.25) is 0 Å². The predicted molar refractivity (Wildman–Crippen MR) is 90.5 cm³/mol. The van der Waals surface area contributed by atoms with Crippen LogP contribution in [-0.2, 0) is 11.3 Å². The minimum atomic E-state index is -0.330. The first kappa shape index (κ1) is 16.8. The fourth-order valence-electron chi connectivity index (χ4n) is 2.03. The number of ether oxygens (including phenoxy) is 1. The topological polar surface area (TPSA) is 50.8 Å². The summed E-state index contributed by atoms with van der Waals surface area (Å²) < 4.78 is 5.71. The SMILES string of the molecule is CON(C)C(=O)Nc1ccc(OCCCc2ccccc2)cc1. The van der Waals surface area contributed by atoms with E-state index in [1.54, 1.807) is 19.2 Å². The van der Waals surface area contributed by atoms with Crippen LogP contribution in [0.15, 0.2) is 54.6 Å². The summed E-state index contributed by atoms with van der Waals surface area (Å²) in [7, 11) is 2.98. The molecule has 0 atom stereocenters. The van der Waals surface area contributed by atoms with Crippen molar-refractivity contribution in [2.75, 3.05) is 26.1 Å². The lowest BCUT2D eigenvalue weighted by atomic mass is 10.1. The minimum absolute atomic E-state index is 0.330. The van der Waals surface area contributed by atoms with Gasteiger partial charge in [0.05, 0.1) is 13.7 Å². The molecule has 2 aromatic carbocycles. The van der Waals surface area contributed by atoms with Gasteiger partial charge in [0, 0.05) is 12.7 Å². The molecule has 0 fully saturated rings. The standard InChI is InChI=1S/C18H22N2O3/c1-20(22-2)18(21)19-16-10-12-17(13-11-16)23-14-6-9-15-7-4-3-5-8-15/h3-5,7-8,10-13H,6,9,14H2,1-2H3,(H,19,21). The molecule has 2 amide bonds. The third-order valence-corrected chi connectivity index (χ3v) is 3.39. The Labute approximate surface area is 136 Å². The van der Waals surface area contributed by atoms with Crippen molar-refractivity contribution in [2.24, 2.45) is 0 Å². The van der Waals surface area contributed by atoms with Crippen LogP contribution in [0.3, 0.4) is 0 Å². The molecule has 0 unspecified atom stereocenters. The average Bonchev–Trinajstić information content (AvgIpc) is 2.60. The van der Waals surface area contributed by atoms with E-state index in [2.05, 4.69) is 17.4 Å². The molecule has 5 heteroatoms. The van der Waals surface area contributed by atoms with Gasteiger partial charge in [-0.25, -0.2) is 9.86 Å². The second-order valence-electron chi connectivity index (χ2n) is 5.07. The molecular formula is C18H22N2O3. The van der Waals surface area contributed by atoms with E-state index in [9.17, 15) is 4.79 Å². The molecule has 23 heavy (non-hydrogen) atoms. The summed E-state index contributed by atoms with van der Waals surface area (Å²) in [5, 5.41) is 3.83. The minimum Gasteiger partial charge on any atom is -0.494 e. The van der Waals surface area contributed by atoms with Crippen LogP contribution in [-0.4, -0.2) is 31.9 Å². The summed E-state index contributed by atoms with van der Waals surface area (Å²) >= 11 is 0. The van der Waals surface area contributed by atoms with E-state index in [0.29, 0.717) is 12.3 Å². The van der Waals surface area contributed by atoms with Gasteiger partial charge in [0.15, 0.2) is 0 Å². The van der Waals surface area contributed by atoms with Crippen molar-refractivity contribution >= 4 is 11.7 Å². The number of aryl methyl sites for hydroxylation is 1. The molecule has 0 radical (unpaired) electrons. The Balaban J connectivity index is 1.73. The van der Waals surface area contributed by atoms with Gasteiger partial charge in [-0.2, -0.15) is 0 Å². The molecule has 5 nitrogen and oxygen atoms in total. The molecule has 0 heterocycles. The van der Waals surface area contributed by atoms with Crippen LogP contribution in [0.4, 0.5) is 10.5 Å². The van der Waals surface area contributed by atoms with E-state index < -0.39 is 0 Å². The lowest BCUT2D eigenvalue weighted by molar-refractivity contribution is -0.0598. The number of hydroxylamine groups is 2. The number of benzene rings is 2. The monoisotopic (exact) mass is 314 g/mol. The third-order valence-electron chi connectivity index (χ3n) is 3.39. The van der Waals surface area contributed by atoms with Gasteiger partial charge in [-0.3, -0.25) is 4.84 Å². The molecule has 1 N–H and O–H groups in total. The number of anilines is 1. The van der Waals surface area contributed by atoms with Crippen molar-refractivity contribution in [1.29, 1.82) is 0 Å².